The first-order valence-electron chi connectivity index (χ1n) is 8.35. The van der Waals surface area contributed by atoms with Gasteiger partial charge < -0.3 is 5.32 Å². The van der Waals surface area contributed by atoms with E-state index in [2.05, 4.69) is 5.32 Å². The molecule has 0 bridgehead atoms. The van der Waals surface area contributed by atoms with Crippen molar-refractivity contribution in [1.29, 1.82) is 0 Å². The van der Waals surface area contributed by atoms with Crippen LogP contribution in [0.2, 0.25) is 5.02 Å². The number of rotatable bonds is 7. The number of halogens is 1. The first-order chi connectivity index (χ1) is 13.0. The summed E-state index contributed by atoms with van der Waals surface area (Å²) in [6.45, 7) is 3.29. The van der Waals surface area contributed by atoms with Crippen LogP contribution in [0.1, 0.15) is 18.9 Å². The number of aryl methyl sites for hydroxylation is 1. The lowest BCUT2D eigenvalue weighted by atomic mass is 10.1. The van der Waals surface area contributed by atoms with E-state index in [0.717, 1.165) is 16.6 Å². The van der Waals surface area contributed by atoms with Gasteiger partial charge >= 0.3 is 0 Å². The molecule has 150 valence electrons. The predicted octanol–water partition coefficient (Wildman–Crippen LogP) is 3.74. The van der Waals surface area contributed by atoms with Gasteiger partial charge in [-0.2, -0.15) is 0 Å². The molecule has 28 heavy (non-hydrogen) atoms. The number of benzene rings is 2. The normalized spacial score (nSPS) is 12.3. The Morgan fingerprint density at radius 1 is 1.25 bits per heavy atom. The maximum Gasteiger partial charge on any atom is 0.271 e. The van der Waals surface area contributed by atoms with Crippen LogP contribution >= 0.6 is 11.6 Å². The summed E-state index contributed by atoms with van der Waals surface area (Å²) >= 11 is 5.83. The molecule has 0 aliphatic heterocycles. The van der Waals surface area contributed by atoms with Gasteiger partial charge in [0.25, 0.3) is 5.69 Å². The zero-order chi connectivity index (χ0) is 21.1. The second-order valence-corrected chi connectivity index (χ2v) is 8.50. The molecule has 2 aromatic rings. The van der Waals surface area contributed by atoms with Crippen LogP contribution in [-0.2, 0) is 14.8 Å². The number of nitrogens with one attached hydrogen (secondary N) is 1. The van der Waals surface area contributed by atoms with E-state index in [-0.39, 0.29) is 17.8 Å². The lowest BCUT2D eigenvalue weighted by Crippen LogP contribution is -2.47. The molecule has 0 aliphatic rings. The molecule has 0 aromatic heterocycles. The third-order valence-electron chi connectivity index (χ3n) is 4.08. The lowest BCUT2D eigenvalue weighted by molar-refractivity contribution is -0.384. The van der Waals surface area contributed by atoms with Crippen LogP contribution in [0.3, 0.4) is 0 Å². The largest absolute Gasteiger partial charge is 0.324 e. The summed E-state index contributed by atoms with van der Waals surface area (Å²) in [6, 6.07) is 9.19. The minimum Gasteiger partial charge on any atom is -0.324 e. The molecule has 0 radical (unpaired) electrons. The van der Waals surface area contributed by atoms with Gasteiger partial charge in [-0.3, -0.25) is 19.2 Å². The number of nitro benzene ring substituents is 1. The quantitative estimate of drug-likeness (QED) is 0.536. The molecule has 0 unspecified atom stereocenters. The zero-order valence-corrected chi connectivity index (χ0v) is 17.1. The maximum atomic E-state index is 12.8. The Bertz CT molecular complexity index is 993. The fourth-order valence-electron chi connectivity index (χ4n) is 2.74. The van der Waals surface area contributed by atoms with Crippen LogP contribution in [0.4, 0.5) is 17.1 Å². The smallest absolute Gasteiger partial charge is 0.271 e. The van der Waals surface area contributed by atoms with Crippen molar-refractivity contribution in [2.75, 3.05) is 15.9 Å². The SMILES string of the molecule is CC[C@@H](C(=O)Nc1ccc(Cl)cc1)N(c1cc([N+](=O)[O-])ccc1C)S(C)(=O)=O. The summed E-state index contributed by atoms with van der Waals surface area (Å²) < 4.78 is 26.0. The Balaban J connectivity index is 2.48. The Labute approximate surface area is 168 Å². The van der Waals surface area contributed by atoms with Gasteiger partial charge in [-0.05, 0) is 43.2 Å². The summed E-state index contributed by atoms with van der Waals surface area (Å²) in [7, 11) is -3.91. The van der Waals surface area contributed by atoms with Crippen molar-refractivity contribution in [3.8, 4) is 0 Å². The molecule has 0 saturated heterocycles. The van der Waals surface area contributed by atoms with Gasteiger partial charge in [0.05, 0.1) is 16.9 Å². The molecule has 0 aliphatic carbocycles. The van der Waals surface area contributed by atoms with Crippen molar-refractivity contribution >= 4 is 44.6 Å². The average Bonchev–Trinajstić information content (AvgIpc) is 2.61. The van der Waals surface area contributed by atoms with E-state index in [1.54, 1.807) is 38.1 Å². The van der Waals surface area contributed by atoms with Gasteiger partial charge in [0.2, 0.25) is 15.9 Å². The number of nitro groups is 1. The lowest BCUT2D eigenvalue weighted by Gasteiger charge is -2.31. The van der Waals surface area contributed by atoms with Gasteiger partial charge in [-0.25, -0.2) is 8.42 Å². The summed E-state index contributed by atoms with van der Waals surface area (Å²) in [5.41, 5.74) is 0.780. The van der Waals surface area contributed by atoms with Crippen LogP contribution in [-0.4, -0.2) is 31.5 Å². The molecular formula is C18H20ClN3O5S. The number of hydrogen-bond donors (Lipinski definition) is 1. The van der Waals surface area contributed by atoms with Gasteiger partial charge in [0.15, 0.2) is 0 Å². The van der Waals surface area contributed by atoms with Crippen LogP contribution in [0, 0.1) is 17.0 Å². The Morgan fingerprint density at radius 2 is 1.86 bits per heavy atom. The zero-order valence-electron chi connectivity index (χ0n) is 15.5. The Kier molecular flexibility index (Phi) is 6.63. The van der Waals surface area contributed by atoms with Crippen molar-refractivity contribution in [3.63, 3.8) is 0 Å². The van der Waals surface area contributed by atoms with E-state index in [1.807, 2.05) is 0 Å². The predicted molar refractivity (Wildman–Crippen MR) is 109 cm³/mol. The molecule has 0 heterocycles. The van der Waals surface area contributed by atoms with Crippen molar-refractivity contribution in [3.05, 3.63) is 63.2 Å². The fourth-order valence-corrected chi connectivity index (χ4v) is 4.13. The van der Waals surface area contributed by atoms with Crippen molar-refractivity contribution in [2.45, 2.75) is 26.3 Å². The number of hydrogen-bond acceptors (Lipinski definition) is 5. The molecule has 0 saturated carbocycles. The van der Waals surface area contributed by atoms with Gasteiger partial charge in [0, 0.05) is 22.8 Å². The Morgan fingerprint density at radius 3 is 2.36 bits per heavy atom. The topological polar surface area (TPSA) is 110 Å². The Hall–Kier alpha value is -2.65. The van der Waals surface area contributed by atoms with E-state index < -0.39 is 26.9 Å². The van der Waals surface area contributed by atoms with Crippen molar-refractivity contribution in [1.82, 2.24) is 0 Å². The summed E-state index contributed by atoms with van der Waals surface area (Å²) in [6.07, 6.45) is 1.12. The number of amides is 1. The summed E-state index contributed by atoms with van der Waals surface area (Å²) in [5.74, 6) is -0.554. The van der Waals surface area contributed by atoms with Gasteiger partial charge in [-0.15, -0.1) is 0 Å². The van der Waals surface area contributed by atoms with Gasteiger partial charge in [-0.1, -0.05) is 24.6 Å². The third-order valence-corrected chi connectivity index (χ3v) is 5.50. The molecule has 0 spiro atoms. The van der Waals surface area contributed by atoms with E-state index in [0.29, 0.717) is 16.3 Å². The van der Waals surface area contributed by atoms with Crippen molar-refractivity contribution < 1.29 is 18.1 Å². The average molecular weight is 426 g/mol. The number of anilines is 2. The van der Waals surface area contributed by atoms with Crippen LogP contribution < -0.4 is 9.62 Å². The second kappa shape index (κ2) is 8.57. The number of sulfonamides is 1. The number of non-ortho nitro benzene ring substituents is 1. The van der Waals surface area contributed by atoms with Crippen molar-refractivity contribution in [2.24, 2.45) is 0 Å². The number of carbonyl (C=O) groups excluding carboxylic acids is 1. The minimum absolute atomic E-state index is 0.0924. The third kappa shape index (κ3) is 4.99. The summed E-state index contributed by atoms with van der Waals surface area (Å²) in [4.78, 5) is 23.3. The van der Waals surface area contributed by atoms with Gasteiger partial charge in [0.1, 0.15) is 6.04 Å². The highest BCUT2D eigenvalue weighted by molar-refractivity contribution is 7.92. The monoisotopic (exact) mass is 425 g/mol. The first-order valence-corrected chi connectivity index (χ1v) is 10.6. The molecule has 2 rings (SSSR count). The van der Waals surface area contributed by atoms with Crippen LogP contribution in [0.15, 0.2) is 42.5 Å². The molecule has 2 aromatic carbocycles. The molecule has 10 heteroatoms. The first kappa shape index (κ1) is 21.6. The maximum absolute atomic E-state index is 12.8. The molecule has 8 nitrogen and oxygen atoms in total. The number of nitrogens with zero attached hydrogens (tertiary/aromatic N) is 2. The molecule has 1 amide bonds. The molecule has 1 N–H and O–H groups in total. The van der Waals surface area contributed by atoms with Crippen LogP contribution in [0.25, 0.3) is 0 Å². The molecular weight excluding hydrogens is 406 g/mol. The molecule has 1 atom stereocenters. The summed E-state index contributed by atoms with van der Waals surface area (Å²) in [5, 5.41) is 14.3. The van der Waals surface area contributed by atoms with E-state index in [1.165, 1.54) is 12.1 Å². The fraction of sp³-hybridized carbons (Fsp3) is 0.278. The highest BCUT2D eigenvalue weighted by Gasteiger charge is 2.33. The van der Waals surface area contributed by atoms with E-state index >= 15 is 0 Å². The number of carbonyl (C=O) groups is 1. The van der Waals surface area contributed by atoms with E-state index in [9.17, 15) is 23.3 Å². The minimum atomic E-state index is -3.91. The highest BCUT2D eigenvalue weighted by Crippen LogP contribution is 2.30. The van der Waals surface area contributed by atoms with Crippen LogP contribution in [0.5, 0.6) is 0 Å². The highest BCUT2D eigenvalue weighted by atomic mass is 35.5. The molecule has 0 fully saturated rings. The standard InChI is InChI=1S/C18H20ClN3O5S/c1-4-16(18(23)20-14-8-6-13(19)7-9-14)21(28(3,26)27)17-11-15(22(24)25)10-5-12(17)2/h5-11,16H,4H2,1-3H3,(H,20,23)/t16-/m0/s1. The second-order valence-electron chi connectivity index (χ2n) is 6.21. The van der Waals surface area contributed by atoms with E-state index in [4.69, 9.17) is 11.6 Å².